The third kappa shape index (κ3) is 4.96. The number of para-hydroxylation sites is 1. The minimum atomic E-state index is -0.00493. The first-order valence-corrected chi connectivity index (χ1v) is 9.51. The van der Waals surface area contributed by atoms with Crippen LogP contribution in [0, 0.1) is 19.8 Å². The van der Waals surface area contributed by atoms with Gasteiger partial charge in [0.25, 0.3) is 0 Å². The van der Waals surface area contributed by atoms with Crippen molar-refractivity contribution < 1.29 is 4.79 Å². The lowest BCUT2D eigenvalue weighted by Crippen LogP contribution is -2.19. The summed E-state index contributed by atoms with van der Waals surface area (Å²) in [6.07, 6.45) is 1.19. The Morgan fingerprint density at radius 2 is 1.85 bits per heavy atom. The molecule has 2 rings (SSSR count). The largest absolute Gasteiger partial charge is 0.326 e. The SMILES string of the molecule is Cc1nn(CC(C)C)c(C)c1CCC(=O)Nc1ccccc1C(C)(C)C. The zero-order chi connectivity index (χ0) is 19.5. The summed E-state index contributed by atoms with van der Waals surface area (Å²) in [6, 6.07) is 8.05. The molecule has 4 heteroatoms. The summed E-state index contributed by atoms with van der Waals surface area (Å²) in [5.41, 5.74) is 5.48. The van der Waals surface area contributed by atoms with Gasteiger partial charge in [-0.05, 0) is 48.8 Å². The predicted molar refractivity (Wildman–Crippen MR) is 109 cm³/mol. The van der Waals surface area contributed by atoms with Crippen molar-refractivity contribution in [3.63, 3.8) is 0 Å². The van der Waals surface area contributed by atoms with Crippen LogP contribution in [0.5, 0.6) is 0 Å². The summed E-state index contributed by atoms with van der Waals surface area (Å²) in [4.78, 5) is 12.5. The number of nitrogens with one attached hydrogen (secondary N) is 1. The van der Waals surface area contributed by atoms with Crippen LogP contribution in [0.25, 0.3) is 0 Å². The van der Waals surface area contributed by atoms with Crippen molar-refractivity contribution >= 4 is 11.6 Å². The van der Waals surface area contributed by atoms with Gasteiger partial charge in [0, 0.05) is 24.3 Å². The molecule has 0 saturated carbocycles. The highest BCUT2D eigenvalue weighted by atomic mass is 16.1. The van der Waals surface area contributed by atoms with Crippen LogP contribution in [0.4, 0.5) is 5.69 Å². The van der Waals surface area contributed by atoms with Crippen molar-refractivity contribution in [1.29, 1.82) is 0 Å². The fourth-order valence-corrected chi connectivity index (χ4v) is 3.32. The highest BCUT2D eigenvalue weighted by Gasteiger charge is 2.19. The van der Waals surface area contributed by atoms with Crippen LogP contribution >= 0.6 is 0 Å². The van der Waals surface area contributed by atoms with Gasteiger partial charge in [-0.3, -0.25) is 9.48 Å². The van der Waals surface area contributed by atoms with E-state index in [1.807, 2.05) is 25.1 Å². The van der Waals surface area contributed by atoms with E-state index in [0.29, 0.717) is 12.3 Å². The fraction of sp³-hybridized carbons (Fsp3) is 0.545. The molecular formula is C22H33N3O. The number of carbonyl (C=O) groups excluding carboxylic acids is 1. The summed E-state index contributed by atoms with van der Waals surface area (Å²) >= 11 is 0. The lowest BCUT2D eigenvalue weighted by molar-refractivity contribution is -0.116. The molecule has 1 amide bonds. The van der Waals surface area contributed by atoms with Crippen molar-refractivity contribution in [2.45, 2.75) is 73.3 Å². The van der Waals surface area contributed by atoms with Crippen LogP contribution in [0.1, 0.15) is 63.6 Å². The minimum Gasteiger partial charge on any atom is -0.326 e. The first kappa shape index (κ1) is 20.2. The molecule has 0 saturated heterocycles. The van der Waals surface area contributed by atoms with Gasteiger partial charge in [-0.15, -0.1) is 0 Å². The summed E-state index contributed by atoms with van der Waals surface area (Å²) < 4.78 is 2.07. The van der Waals surface area contributed by atoms with Gasteiger partial charge in [0.05, 0.1) is 5.69 Å². The topological polar surface area (TPSA) is 46.9 Å². The third-order valence-electron chi connectivity index (χ3n) is 4.68. The number of rotatable bonds is 6. The molecule has 0 radical (unpaired) electrons. The molecule has 0 fully saturated rings. The normalized spacial score (nSPS) is 11.8. The van der Waals surface area contributed by atoms with E-state index in [1.54, 1.807) is 0 Å². The van der Waals surface area contributed by atoms with Gasteiger partial charge in [-0.2, -0.15) is 5.10 Å². The van der Waals surface area contributed by atoms with Gasteiger partial charge in [0.2, 0.25) is 5.91 Å². The predicted octanol–water partition coefficient (Wildman–Crippen LogP) is 5.02. The lowest BCUT2D eigenvalue weighted by Gasteiger charge is -2.23. The molecule has 0 atom stereocenters. The van der Waals surface area contributed by atoms with E-state index in [0.717, 1.165) is 29.9 Å². The Bertz CT molecular complexity index is 766. The second-order valence-electron chi connectivity index (χ2n) is 8.57. The number of carbonyl (C=O) groups is 1. The Hall–Kier alpha value is -2.10. The van der Waals surface area contributed by atoms with Gasteiger partial charge in [0.1, 0.15) is 0 Å². The molecule has 0 bridgehead atoms. The Balaban J connectivity index is 2.06. The zero-order valence-electron chi connectivity index (χ0n) is 17.3. The third-order valence-corrected chi connectivity index (χ3v) is 4.68. The monoisotopic (exact) mass is 355 g/mol. The van der Waals surface area contributed by atoms with E-state index < -0.39 is 0 Å². The van der Waals surface area contributed by atoms with E-state index in [2.05, 4.69) is 62.7 Å². The second kappa shape index (κ2) is 8.07. The van der Waals surface area contributed by atoms with Crippen LogP contribution in [0.15, 0.2) is 24.3 Å². The standard InChI is InChI=1S/C22H33N3O/c1-15(2)14-25-17(4)18(16(3)24-25)12-13-21(26)23-20-11-9-8-10-19(20)22(5,6)7/h8-11,15H,12-14H2,1-7H3,(H,23,26). The van der Waals surface area contributed by atoms with Crippen molar-refractivity contribution in [3.05, 3.63) is 46.8 Å². The molecule has 142 valence electrons. The average Bonchev–Trinajstić information content (AvgIpc) is 2.78. The summed E-state index contributed by atoms with van der Waals surface area (Å²) in [5.74, 6) is 0.607. The molecule has 0 aliphatic heterocycles. The molecule has 1 aromatic heterocycles. The summed E-state index contributed by atoms with van der Waals surface area (Å²) in [6.45, 7) is 15.9. The second-order valence-corrected chi connectivity index (χ2v) is 8.57. The molecule has 4 nitrogen and oxygen atoms in total. The first-order chi connectivity index (χ1) is 12.1. The average molecular weight is 356 g/mol. The van der Waals surface area contributed by atoms with Crippen molar-refractivity contribution in [2.75, 3.05) is 5.32 Å². The Kier molecular flexibility index (Phi) is 6.27. The molecule has 1 N–H and O–H groups in total. The number of hydrogen-bond acceptors (Lipinski definition) is 2. The minimum absolute atomic E-state index is 0.00493. The molecule has 0 spiro atoms. The molecule has 0 aliphatic rings. The molecule has 2 aromatic rings. The van der Waals surface area contributed by atoms with E-state index in [-0.39, 0.29) is 11.3 Å². The molecule has 0 aliphatic carbocycles. The number of nitrogens with zero attached hydrogens (tertiary/aromatic N) is 2. The van der Waals surface area contributed by atoms with Crippen LogP contribution in [-0.2, 0) is 23.2 Å². The number of hydrogen-bond donors (Lipinski definition) is 1. The molecule has 1 aromatic carbocycles. The number of anilines is 1. The van der Waals surface area contributed by atoms with Crippen LogP contribution in [0.2, 0.25) is 0 Å². The van der Waals surface area contributed by atoms with Crippen LogP contribution in [-0.4, -0.2) is 15.7 Å². The number of benzene rings is 1. The van der Waals surface area contributed by atoms with Gasteiger partial charge in [-0.1, -0.05) is 52.8 Å². The maximum absolute atomic E-state index is 12.5. The van der Waals surface area contributed by atoms with Crippen LogP contribution < -0.4 is 5.32 Å². The number of aryl methyl sites for hydroxylation is 1. The highest BCUT2D eigenvalue weighted by Crippen LogP contribution is 2.29. The molecule has 26 heavy (non-hydrogen) atoms. The van der Waals surface area contributed by atoms with Gasteiger partial charge < -0.3 is 5.32 Å². The molecular weight excluding hydrogens is 322 g/mol. The smallest absolute Gasteiger partial charge is 0.224 e. The van der Waals surface area contributed by atoms with E-state index in [9.17, 15) is 4.79 Å². The van der Waals surface area contributed by atoms with Gasteiger partial charge in [0.15, 0.2) is 0 Å². The maximum Gasteiger partial charge on any atom is 0.224 e. The van der Waals surface area contributed by atoms with Crippen molar-refractivity contribution in [2.24, 2.45) is 5.92 Å². The summed E-state index contributed by atoms with van der Waals surface area (Å²) in [7, 11) is 0. The number of amides is 1. The lowest BCUT2D eigenvalue weighted by atomic mass is 9.86. The zero-order valence-corrected chi connectivity index (χ0v) is 17.3. The van der Waals surface area contributed by atoms with E-state index >= 15 is 0 Å². The molecule has 1 heterocycles. The quantitative estimate of drug-likeness (QED) is 0.790. The van der Waals surface area contributed by atoms with Crippen molar-refractivity contribution in [3.8, 4) is 0 Å². The van der Waals surface area contributed by atoms with Crippen molar-refractivity contribution in [1.82, 2.24) is 9.78 Å². The summed E-state index contributed by atoms with van der Waals surface area (Å²) in [5, 5.41) is 7.74. The number of aromatic nitrogens is 2. The van der Waals surface area contributed by atoms with E-state index in [4.69, 9.17) is 0 Å². The van der Waals surface area contributed by atoms with Crippen LogP contribution in [0.3, 0.4) is 0 Å². The Labute approximate surface area is 158 Å². The van der Waals surface area contributed by atoms with Gasteiger partial charge in [-0.25, -0.2) is 0 Å². The highest BCUT2D eigenvalue weighted by molar-refractivity contribution is 5.91. The van der Waals surface area contributed by atoms with Gasteiger partial charge >= 0.3 is 0 Å². The fourth-order valence-electron chi connectivity index (χ4n) is 3.32. The Morgan fingerprint density at radius 1 is 1.19 bits per heavy atom. The molecule has 0 unspecified atom stereocenters. The first-order valence-electron chi connectivity index (χ1n) is 9.51. The maximum atomic E-state index is 12.5. The van der Waals surface area contributed by atoms with E-state index in [1.165, 1.54) is 11.3 Å². The Morgan fingerprint density at radius 3 is 2.46 bits per heavy atom.